The predicted molar refractivity (Wildman–Crippen MR) is 57.9 cm³/mol. The summed E-state index contributed by atoms with van der Waals surface area (Å²) in [6.45, 7) is 4.08. The van der Waals surface area contributed by atoms with Gasteiger partial charge < -0.3 is 9.84 Å². The molecule has 15 heavy (non-hydrogen) atoms. The topological polar surface area (TPSA) is 55.1 Å². The van der Waals surface area contributed by atoms with Crippen molar-refractivity contribution in [2.45, 2.75) is 26.3 Å². The van der Waals surface area contributed by atoms with Crippen LogP contribution in [0.5, 0.6) is 0 Å². The third kappa shape index (κ3) is 3.55. The lowest BCUT2D eigenvalue weighted by Crippen LogP contribution is -2.39. The Hall–Kier alpha value is -1.03. The van der Waals surface area contributed by atoms with Crippen LogP contribution in [0.4, 0.5) is 0 Å². The lowest BCUT2D eigenvalue weighted by atomic mass is 10.0. The zero-order valence-corrected chi connectivity index (χ0v) is 9.62. The number of hydrogen-bond donors (Lipinski definition) is 1. The van der Waals surface area contributed by atoms with Crippen molar-refractivity contribution in [2.24, 2.45) is 5.92 Å². The molecule has 0 radical (unpaired) electrons. The van der Waals surface area contributed by atoms with Gasteiger partial charge in [0, 0.05) is 18.0 Å². The fraction of sp³-hybridized carbons (Fsp3) is 0.600. The van der Waals surface area contributed by atoms with Crippen molar-refractivity contribution in [2.75, 3.05) is 5.88 Å². The van der Waals surface area contributed by atoms with E-state index in [9.17, 15) is 4.79 Å². The summed E-state index contributed by atoms with van der Waals surface area (Å²) in [4.78, 5) is 11.6. The Morgan fingerprint density at radius 3 is 2.87 bits per heavy atom. The quantitative estimate of drug-likeness (QED) is 0.788. The van der Waals surface area contributed by atoms with Gasteiger partial charge >= 0.3 is 0 Å². The fourth-order valence-electron chi connectivity index (χ4n) is 1.26. The molecule has 1 unspecified atom stereocenters. The number of nitrogens with zero attached hydrogens (tertiary/aromatic N) is 1. The van der Waals surface area contributed by atoms with E-state index in [1.54, 1.807) is 0 Å². The summed E-state index contributed by atoms with van der Waals surface area (Å²) in [6, 6.07) is 1.61. The molecule has 0 saturated heterocycles. The first-order valence-corrected chi connectivity index (χ1v) is 5.45. The van der Waals surface area contributed by atoms with Crippen LogP contribution < -0.4 is 5.32 Å². The van der Waals surface area contributed by atoms with Gasteiger partial charge in [-0.05, 0) is 12.3 Å². The number of aromatic nitrogens is 1. The largest absolute Gasteiger partial charge is 0.364 e. The molecule has 4 nitrogen and oxygen atoms in total. The third-order valence-electron chi connectivity index (χ3n) is 2.21. The highest BCUT2D eigenvalue weighted by molar-refractivity contribution is 6.17. The molecular weight excluding hydrogens is 216 g/mol. The first kappa shape index (κ1) is 12.0. The van der Waals surface area contributed by atoms with Gasteiger partial charge in [-0.15, -0.1) is 11.6 Å². The summed E-state index contributed by atoms with van der Waals surface area (Å²) in [5, 5.41) is 6.44. The van der Waals surface area contributed by atoms with Gasteiger partial charge in [-0.1, -0.05) is 19.0 Å². The molecule has 0 spiro atoms. The van der Waals surface area contributed by atoms with Crippen molar-refractivity contribution < 1.29 is 9.32 Å². The van der Waals surface area contributed by atoms with E-state index in [0.29, 0.717) is 17.5 Å². The van der Waals surface area contributed by atoms with Crippen LogP contribution in [0.2, 0.25) is 0 Å². The average Bonchev–Trinajstić information content (AvgIpc) is 2.69. The summed E-state index contributed by atoms with van der Waals surface area (Å²) < 4.78 is 4.60. The smallest absolute Gasteiger partial charge is 0.273 e. The maximum absolute atomic E-state index is 11.6. The van der Waals surface area contributed by atoms with Gasteiger partial charge in [-0.25, -0.2) is 0 Å². The maximum Gasteiger partial charge on any atom is 0.273 e. The maximum atomic E-state index is 11.6. The monoisotopic (exact) mass is 230 g/mol. The van der Waals surface area contributed by atoms with Gasteiger partial charge in [0.05, 0.1) is 0 Å². The summed E-state index contributed by atoms with van der Waals surface area (Å²) in [6.07, 6.45) is 2.13. The minimum atomic E-state index is -0.215. The molecule has 0 aliphatic carbocycles. The molecule has 1 N–H and O–H groups in total. The zero-order chi connectivity index (χ0) is 11.3. The molecule has 1 atom stereocenters. The minimum Gasteiger partial charge on any atom is -0.364 e. The van der Waals surface area contributed by atoms with E-state index in [-0.39, 0.29) is 11.9 Å². The molecule has 1 aromatic heterocycles. The van der Waals surface area contributed by atoms with E-state index >= 15 is 0 Å². The third-order valence-corrected chi connectivity index (χ3v) is 2.43. The van der Waals surface area contributed by atoms with Gasteiger partial charge in [0.1, 0.15) is 6.26 Å². The molecule has 1 amide bonds. The van der Waals surface area contributed by atoms with Crippen molar-refractivity contribution in [3.63, 3.8) is 0 Å². The van der Waals surface area contributed by atoms with Crippen LogP contribution >= 0.6 is 11.6 Å². The molecule has 1 rings (SSSR count). The summed E-state index contributed by atoms with van der Waals surface area (Å²) in [5.74, 6) is 0.661. The van der Waals surface area contributed by atoms with Crippen LogP contribution in [0.25, 0.3) is 0 Å². The van der Waals surface area contributed by atoms with E-state index in [0.717, 1.165) is 6.42 Å². The van der Waals surface area contributed by atoms with Crippen molar-refractivity contribution in [1.82, 2.24) is 10.5 Å². The Morgan fingerprint density at radius 1 is 1.67 bits per heavy atom. The SMILES string of the molecule is CC(C)C(CCCl)NC(=O)c1ccon1. The molecule has 0 aliphatic rings. The highest BCUT2D eigenvalue weighted by Gasteiger charge is 2.17. The van der Waals surface area contributed by atoms with Crippen LogP contribution in [0.15, 0.2) is 16.9 Å². The molecule has 0 bridgehead atoms. The van der Waals surface area contributed by atoms with Gasteiger partial charge in [0.15, 0.2) is 5.69 Å². The number of amides is 1. The van der Waals surface area contributed by atoms with E-state index < -0.39 is 0 Å². The number of rotatable bonds is 5. The highest BCUT2D eigenvalue weighted by atomic mass is 35.5. The second-order valence-electron chi connectivity index (χ2n) is 3.69. The number of carbonyl (C=O) groups excluding carboxylic acids is 1. The molecule has 84 valence electrons. The van der Waals surface area contributed by atoms with Gasteiger partial charge in [-0.3, -0.25) is 4.79 Å². The zero-order valence-electron chi connectivity index (χ0n) is 8.87. The first-order chi connectivity index (χ1) is 7.15. The number of hydrogen-bond acceptors (Lipinski definition) is 3. The molecule has 5 heteroatoms. The van der Waals surface area contributed by atoms with E-state index in [1.807, 2.05) is 13.8 Å². The number of halogens is 1. The van der Waals surface area contributed by atoms with E-state index in [4.69, 9.17) is 11.6 Å². The van der Waals surface area contributed by atoms with Crippen molar-refractivity contribution in [1.29, 1.82) is 0 Å². The Morgan fingerprint density at radius 2 is 2.40 bits per heavy atom. The second-order valence-corrected chi connectivity index (χ2v) is 4.06. The van der Waals surface area contributed by atoms with Crippen LogP contribution in [0, 0.1) is 5.92 Å². The van der Waals surface area contributed by atoms with Crippen LogP contribution in [0.3, 0.4) is 0 Å². The van der Waals surface area contributed by atoms with Crippen LogP contribution in [-0.2, 0) is 0 Å². The number of carbonyl (C=O) groups is 1. The Bertz CT molecular complexity index is 298. The molecule has 1 heterocycles. The minimum absolute atomic E-state index is 0.0756. The Balaban J connectivity index is 2.55. The number of nitrogens with one attached hydrogen (secondary N) is 1. The van der Waals surface area contributed by atoms with Crippen molar-refractivity contribution >= 4 is 17.5 Å². The summed E-state index contributed by atoms with van der Waals surface area (Å²) in [7, 11) is 0. The molecule has 0 aromatic carbocycles. The average molecular weight is 231 g/mol. The fourth-order valence-corrected chi connectivity index (χ4v) is 1.50. The van der Waals surface area contributed by atoms with Crippen LogP contribution in [0.1, 0.15) is 30.8 Å². The predicted octanol–water partition coefficient (Wildman–Crippen LogP) is 2.06. The Kier molecular flexibility index (Phi) is 4.62. The van der Waals surface area contributed by atoms with Gasteiger partial charge in [0.2, 0.25) is 0 Å². The van der Waals surface area contributed by atoms with Crippen molar-refractivity contribution in [3.05, 3.63) is 18.0 Å². The second kappa shape index (κ2) is 5.75. The molecule has 0 saturated carbocycles. The summed E-state index contributed by atoms with van der Waals surface area (Å²) in [5.41, 5.74) is 0.301. The standard InChI is InChI=1S/C10H15ClN2O2/c1-7(2)8(3-5-11)12-10(14)9-4-6-15-13-9/h4,6-8H,3,5H2,1-2H3,(H,12,14). The number of alkyl halides is 1. The normalized spacial score (nSPS) is 12.8. The van der Waals surface area contributed by atoms with E-state index in [1.165, 1.54) is 12.3 Å². The lowest BCUT2D eigenvalue weighted by Gasteiger charge is -2.20. The molecule has 1 aromatic rings. The Labute approximate surface area is 94.0 Å². The highest BCUT2D eigenvalue weighted by Crippen LogP contribution is 2.08. The lowest BCUT2D eigenvalue weighted by molar-refractivity contribution is 0.0915. The summed E-state index contributed by atoms with van der Waals surface area (Å²) >= 11 is 5.66. The van der Waals surface area contributed by atoms with E-state index in [2.05, 4.69) is 15.0 Å². The molecule has 0 fully saturated rings. The van der Waals surface area contributed by atoms with Crippen molar-refractivity contribution in [3.8, 4) is 0 Å². The molecule has 0 aliphatic heterocycles. The molecular formula is C10H15ClN2O2. The van der Waals surface area contributed by atoms with Crippen LogP contribution in [-0.4, -0.2) is 23.0 Å². The van der Waals surface area contributed by atoms with Gasteiger partial charge in [0.25, 0.3) is 5.91 Å². The van der Waals surface area contributed by atoms with Gasteiger partial charge in [-0.2, -0.15) is 0 Å². The first-order valence-electron chi connectivity index (χ1n) is 4.92.